The zero-order valence-electron chi connectivity index (χ0n) is 8.10. The monoisotopic (exact) mass is 197 g/mol. The van der Waals surface area contributed by atoms with Crippen LogP contribution in [-0.2, 0) is 11.4 Å². The Kier molecular flexibility index (Phi) is 4.55. The van der Waals surface area contributed by atoms with E-state index in [-0.39, 0.29) is 6.61 Å². The van der Waals surface area contributed by atoms with Gasteiger partial charge in [0.1, 0.15) is 6.10 Å². The minimum atomic E-state index is -0.808. The molecule has 0 aliphatic rings. The molecule has 0 bridgehead atoms. The summed E-state index contributed by atoms with van der Waals surface area (Å²) in [4.78, 5) is 4.71. The van der Waals surface area contributed by atoms with Gasteiger partial charge < -0.3 is 15.1 Å². The predicted molar refractivity (Wildman–Crippen MR) is 52.3 cm³/mol. The minimum Gasteiger partial charge on any atom is -0.393 e. The maximum atomic E-state index is 9.38. The number of hydrogen-bond acceptors (Lipinski definition) is 4. The van der Waals surface area contributed by atoms with E-state index in [1.807, 2.05) is 18.2 Å². The van der Waals surface area contributed by atoms with E-state index in [0.29, 0.717) is 12.1 Å². The van der Waals surface area contributed by atoms with Gasteiger partial charge in [0.15, 0.2) is 0 Å². The SMILES string of the molecule is CONCc1cccc(C(O)CO)c1. The number of benzene rings is 1. The zero-order valence-corrected chi connectivity index (χ0v) is 8.10. The molecule has 1 atom stereocenters. The molecule has 1 aromatic rings. The van der Waals surface area contributed by atoms with E-state index in [1.165, 1.54) is 0 Å². The van der Waals surface area contributed by atoms with Crippen LogP contribution in [0.4, 0.5) is 0 Å². The molecule has 1 unspecified atom stereocenters. The van der Waals surface area contributed by atoms with Crippen LogP contribution < -0.4 is 5.48 Å². The fourth-order valence-electron chi connectivity index (χ4n) is 1.17. The van der Waals surface area contributed by atoms with Gasteiger partial charge in [-0.05, 0) is 11.1 Å². The molecule has 78 valence electrons. The molecule has 14 heavy (non-hydrogen) atoms. The third-order valence-corrected chi connectivity index (χ3v) is 1.93. The molecule has 0 saturated carbocycles. The van der Waals surface area contributed by atoms with E-state index in [0.717, 1.165) is 5.56 Å². The number of nitrogens with one attached hydrogen (secondary N) is 1. The van der Waals surface area contributed by atoms with Crippen molar-refractivity contribution in [2.24, 2.45) is 0 Å². The molecule has 4 heteroatoms. The number of rotatable bonds is 5. The highest BCUT2D eigenvalue weighted by Gasteiger charge is 2.05. The molecule has 0 aliphatic heterocycles. The molecule has 4 nitrogen and oxygen atoms in total. The van der Waals surface area contributed by atoms with E-state index in [9.17, 15) is 5.11 Å². The summed E-state index contributed by atoms with van der Waals surface area (Å²) in [5.41, 5.74) is 4.41. The summed E-state index contributed by atoms with van der Waals surface area (Å²) >= 11 is 0. The van der Waals surface area contributed by atoms with Crippen LogP contribution >= 0.6 is 0 Å². The maximum absolute atomic E-state index is 9.38. The van der Waals surface area contributed by atoms with Gasteiger partial charge in [0.05, 0.1) is 13.7 Å². The molecular formula is C10H15NO3. The smallest absolute Gasteiger partial charge is 0.102 e. The Morgan fingerprint density at radius 2 is 2.29 bits per heavy atom. The standard InChI is InChI=1S/C10H15NO3/c1-14-11-6-8-3-2-4-9(5-8)10(13)7-12/h2-5,10-13H,6-7H2,1H3. The Morgan fingerprint density at radius 1 is 1.50 bits per heavy atom. The fraction of sp³-hybridized carbons (Fsp3) is 0.400. The third-order valence-electron chi connectivity index (χ3n) is 1.93. The summed E-state index contributed by atoms with van der Waals surface area (Å²) in [6, 6.07) is 7.35. The summed E-state index contributed by atoms with van der Waals surface area (Å²) in [6.45, 7) is 0.309. The lowest BCUT2D eigenvalue weighted by molar-refractivity contribution is 0.0860. The van der Waals surface area contributed by atoms with Crippen LogP contribution in [0.25, 0.3) is 0 Å². The first kappa shape index (κ1) is 11.1. The highest BCUT2D eigenvalue weighted by molar-refractivity contribution is 5.25. The number of aliphatic hydroxyl groups excluding tert-OH is 2. The molecule has 1 rings (SSSR count). The van der Waals surface area contributed by atoms with E-state index in [2.05, 4.69) is 5.48 Å². The molecule has 0 heterocycles. The van der Waals surface area contributed by atoms with Crippen molar-refractivity contribution >= 4 is 0 Å². The fourth-order valence-corrected chi connectivity index (χ4v) is 1.17. The van der Waals surface area contributed by atoms with E-state index in [4.69, 9.17) is 9.94 Å². The van der Waals surface area contributed by atoms with Crippen molar-refractivity contribution in [1.29, 1.82) is 0 Å². The van der Waals surface area contributed by atoms with E-state index >= 15 is 0 Å². The Hall–Kier alpha value is -0.940. The topological polar surface area (TPSA) is 61.7 Å². The van der Waals surface area contributed by atoms with E-state index in [1.54, 1.807) is 13.2 Å². The van der Waals surface area contributed by atoms with Crippen LogP contribution in [0, 0.1) is 0 Å². The molecule has 0 amide bonds. The summed E-state index contributed by atoms with van der Waals surface area (Å²) in [7, 11) is 1.55. The first-order chi connectivity index (χ1) is 6.77. The zero-order chi connectivity index (χ0) is 10.4. The van der Waals surface area contributed by atoms with E-state index < -0.39 is 6.10 Å². The van der Waals surface area contributed by atoms with Crippen LogP contribution in [0.15, 0.2) is 24.3 Å². The average molecular weight is 197 g/mol. The van der Waals surface area contributed by atoms with Crippen molar-refractivity contribution in [1.82, 2.24) is 5.48 Å². The molecule has 3 N–H and O–H groups in total. The highest BCUT2D eigenvalue weighted by Crippen LogP contribution is 2.13. The second-order valence-electron chi connectivity index (χ2n) is 2.97. The molecule has 0 saturated heterocycles. The summed E-state index contributed by atoms with van der Waals surface area (Å²) in [6.07, 6.45) is -0.808. The summed E-state index contributed by atoms with van der Waals surface area (Å²) in [5.74, 6) is 0. The lowest BCUT2D eigenvalue weighted by Gasteiger charge is -2.09. The van der Waals surface area contributed by atoms with Crippen molar-refractivity contribution in [3.63, 3.8) is 0 Å². The normalized spacial score (nSPS) is 12.8. The number of hydrogen-bond donors (Lipinski definition) is 3. The van der Waals surface area contributed by atoms with Gasteiger partial charge in [0.2, 0.25) is 0 Å². The molecule has 0 aliphatic carbocycles. The number of aliphatic hydroxyl groups is 2. The van der Waals surface area contributed by atoms with Crippen LogP contribution in [0.1, 0.15) is 17.2 Å². The van der Waals surface area contributed by atoms with Gasteiger partial charge in [0, 0.05) is 6.54 Å². The Balaban J connectivity index is 2.68. The second-order valence-corrected chi connectivity index (χ2v) is 2.97. The van der Waals surface area contributed by atoms with Gasteiger partial charge in [-0.1, -0.05) is 24.3 Å². The molecule has 0 fully saturated rings. The van der Waals surface area contributed by atoms with Crippen LogP contribution in [0.3, 0.4) is 0 Å². The van der Waals surface area contributed by atoms with Crippen LogP contribution in [0.2, 0.25) is 0 Å². The quantitative estimate of drug-likeness (QED) is 0.596. The Bertz CT molecular complexity index is 278. The molecule has 0 spiro atoms. The second kappa shape index (κ2) is 5.72. The Labute approximate surface area is 83.1 Å². The van der Waals surface area contributed by atoms with Crippen LogP contribution in [0.5, 0.6) is 0 Å². The summed E-state index contributed by atoms with van der Waals surface area (Å²) in [5, 5.41) is 18.1. The largest absolute Gasteiger partial charge is 0.393 e. The Morgan fingerprint density at radius 3 is 2.93 bits per heavy atom. The van der Waals surface area contributed by atoms with Crippen LogP contribution in [-0.4, -0.2) is 23.9 Å². The van der Waals surface area contributed by atoms with Crippen molar-refractivity contribution in [2.75, 3.05) is 13.7 Å². The van der Waals surface area contributed by atoms with Gasteiger partial charge in [-0.25, -0.2) is 0 Å². The highest BCUT2D eigenvalue weighted by atomic mass is 16.6. The van der Waals surface area contributed by atoms with Crippen molar-refractivity contribution < 1.29 is 15.1 Å². The first-order valence-electron chi connectivity index (χ1n) is 4.41. The van der Waals surface area contributed by atoms with Crippen molar-refractivity contribution in [3.05, 3.63) is 35.4 Å². The van der Waals surface area contributed by atoms with Gasteiger partial charge >= 0.3 is 0 Å². The first-order valence-corrected chi connectivity index (χ1v) is 4.41. The molecular weight excluding hydrogens is 182 g/mol. The van der Waals surface area contributed by atoms with Crippen molar-refractivity contribution in [3.8, 4) is 0 Å². The van der Waals surface area contributed by atoms with Gasteiger partial charge in [-0.15, -0.1) is 0 Å². The summed E-state index contributed by atoms with van der Waals surface area (Å²) < 4.78 is 0. The molecule has 1 aromatic carbocycles. The predicted octanol–water partition coefficient (Wildman–Crippen LogP) is 0.363. The minimum absolute atomic E-state index is 0.263. The third kappa shape index (κ3) is 3.08. The lowest BCUT2D eigenvalue weighted by Crippen LogP contribution is -2.11. The van der Waals surface area contributed by atoms with Gasteiger partial charge in [-0.2, -0.15) is 5.48 Å². The molecule has 0 radical (unpaired) electrons. The van der Waals surface area contributed by atoms with Gasteiger partial charge in [0.25, 0.3) is 0 Å². The van der Waals surface area contributed by atoms with Gasteiger partial charge in [-0.3, -0.25) is 0 Å². The molecule has 0 aromatic heterocycles. The number of hydroxylamine groups is 1. The lowest BCUT2D eigenvalue weighted by atomic mass is 10.1. The average Bonchev–Trinajstić information content (AvgIpc) is 2.25. The van der Waals surface area contributed by atoms with Crippen molar-refractivity contribution in [2.45, 2.75) is 12.6 Å². The maximum Gasteiger partial charge on any atom is 0.102 e.